The van der Waals surface area contributed by atoms with Gasteiger partial charge in [0.1, 0.15) is 5.75 Å². The monoisotopic (exact) mass is 379 g/mol. The molecule has 5 nitrogen and oxygen atoms in total. The average molecular weight is 380 g/mol. The molecule has 0 aliphatic heterocycles. The van der Waals surface area contributed by atoms with Crippen LogP contribution in [0.15, 0.2) is 18.2 Å². The van der Waals surface area contributed by atoms with E-state index in [4.69, 9.17) is 16.3 Å². The topological polar surface area (TPSA) is 76.5 Å². The molecular formula is C18H18ClNO4S. The third-order valence-corrected chi connectivity index (χ3v) is 5.70. The summed E-state index contributed by atoms with van der Waals surface area (Å²) in [4.78, 5) is 27.6. The molecule has 1 saturated carbocycles. The second kappa shape index (κ2) is 7.54. The maximum Gasteiger partial charge on any atom is 0.306 e. The number of aryl methyl sites for hydroxylation is 1. The van der Waals surface area contributed by atoms with E-state index in [1.54, 1.807) is 12.1 Å². The molecule has 1 aliphatic rings. The fourth-order valence-corrected chi connectivity index (χ4v) is 4.29. The van der Waals surface area contributed by atoms with Gasteiger partial charge in [-0.15, -0.1) is 11.3 Å². The summed E-state index contributed by atoms with van der Waals surface area (Å²) in [6.07, 6.45) is 3.59. The highest BCUT2D eigenvalue weighted by Gasteiger charge is 2.28. The minimum Gasteiger partial charge on any atom is -0.489 e. The Balaban J connectivity index is 1.78. The van der Waals surface area contributed by atoms with E-state index in [2.05, 4.69) is 4.98 Å². The van der Waals surface area contributed by atoms with Gasteiger partial charge in [-0.1, -0.05) is 11.6 Å². The lowest BCUT2D eigenvalue weighted by molar-refractivity contribution is -0.143. The Bertz CT molecular complexity index is 804. The Morgan fingerprint density at radius 1 is 1.44 bits per heavy atom. The molecule has 0 aromatic carbocycles. The zero-order chi connectivity index (χ0) is 18.0. The lowest BCUT2D eigenvalue weighted by Gasteiger charge is -2.27. The first kappa shape index (κ1) is 17.9. The molecule has 1 fully saturated rings. The number of pyridine rings is 1. The van der Waals surface area contributed by atoms with Crippen LogP contribution in [0.3, 0.4) is 0 Å². The zero-order valence-corrected chi connectivity index (χ0v) is 15.3. The number of hydrogen-bond acceptors (Lipinski definition) is 5. The molecule has 2 heterocycles. The summed E-state index contributed by atoms with van der Waals surface area (Å²) in [5.74, 6) is -0.445. The number of carboxylic acids is 1. The van der Waals surface area contributed by atoms with Crippen molar-refractivity contribution < 1.29 is 19.4 Å². The minimum absolute atomic E-state index is 0.108. The maximum atomic E-state index is 11.2. The van der Waals surface area contributed by atoms with Gasteiger partial charge in [0.25, 0.3) is 0 Å². The lowest BCUT2D eigenvalue weighted by atomic mass is 9.87. The largest absolute Gasteiger partial charge is 0.489 e. The van der Waals surface area contributed by atoms with E-state index < -0.39 is 5.97 Å². The van der Waals surface area contributed by atoms with Crippen LogP contribution in [0.1, 0.15) is 41.7 Å². The number of aromatic nitrogens is 1. The van der Waals surface area contributed by atoms with Crippen LogP contribution in [0.2, 0.25) is 4.34 Å². The van der Waals surface area contributed by atoms with Crippen LogP contribution in [0.4, 0.5) is 0 Å². The predicted molar refractivity (Wildman–Crippen MR) is 96.7 cm³/mol. The molecule has 0 unspecified atom stereocenters. The van der Waals surface area contributed by atoms with Crippen molar-refractivity contribution in [2.24, 2.45) is 5.92 Å². The van der Waals surface area contributed by atoms with Crippen LogP contribution in [0.5, 0.6) is 5.75 Å². The standard InChI is InChI=1S/C18H18ClNO4S/c1-10-15(24-13-4-2-3-11(7-13)18(22)23)6-5-14(20-10)17-12(9-21)8-16(19)25-17/h5-6,8-9,11,13H,2-4,7H2,1H3,(H,22,23)/t11-,13-/m0/s1. The predicted octanol–water partition coefficient (Wildman–Crippen LogP) is 4.61. The normalized spacial score (nSPS) is 20.2. The van der Waals surface area contributed by atoms with Crippen molar-refractivity contribution in [2.75, 3.05) is 0 Å². The number of carboxylic acid groups (broad SMARTS) is 1. The number of carbonyl (C=O) groups is 2. The molecule has 2 atom stereocenters. The number of nitrogens with zero attached hydrogens (tertiary/aromatic N) is 1. The summed E-state index contributed by atoms with van der Waals surface area (Å²) < 4.78 is 6.54. The number of aliphatic carboxylic acids is 1. The summed E-state index contributed by atoms with van der Waals surface area (Å²) in [5, 5.41) is 9.18. The molecule has 0 amide bonds. The molecule has 2 aromatic heterocycles. The number of thiophene rings is 1. The van der Waals surface area contributed by atoms with Crippen LogP contribution >= 0.6 is 22.9 Å². The van der Waals surface area contributed by atoms with Crippen molar-refractivity contribution in [2.45, 2.75) is 38.7 Å². The molecule has 132 valence electrons. The van der Waals surface area contributed by atoms with Crippen molar-refractivity contribution in [3.63, 3.8) is 0 Å². The lowest BCUT2D eigenvalue weighted by Crippen LogP contribution is -2.29. The SMILES string of the molecule is Cc1nc(-c2sc(Cl)cc2C=O)ccc1O[C@H]1CCC[C@H](C(=O)O)C1. The second-order valence-corrected chi connectivity index (χ2v) is 7.86. The first-order chi connectivity index (χ1) is 12.0. The smallest absolute Gasteiger partial charge is 0.306 e. The molecule has 0 bridgehead atoms. The highest BCUT2D eigenvalue weighted by molar-refractivity contribution is 7.19. The Labute approximate surface area is 154 Å². The van der Waals surface area contributed by atoms with Gasteiger partial charge in [0.2, 0.25) is 0 Å². The molecule has 0 radical (unpaired) electrons. The highest BCUT2D eigenvalue weighted by atomic mass is 35.5. The fraction of sp³-hybridized carbons (Fsp3) is 0.389. The maximum absolute atomic E-state index is 11.2. The Kier molecular flexibility index (Phi) is 5.39. The van der Waals surface area contributed by atoms with E-state index in [1.165, 1.54) is 11.3 Å². The van der Waals surface area contributed by atoms with Gasteiger partial charge >= 0.3 is 5.97 Å². The minimum atomic E-state index is -0.755. The van der Waals surface area contributed by atoms with Gasteiger partial charge in [-0.05, 0) is 50.8 Å². The van der Waals surface area contributed by atoms with Crippen molar-refractivity contribution in [3.05, 3.63) is 33.8 Å². The number of carbonyl (C=O) groups excluding carboxylic acids is 1. The molecule has 1 aliphatic carbocycles. The molecule has 1 N–H and O–H groups in total. The summed E-state index contributed by atoms with van der Waals surface area (Å²) >= 11 is 7.30. The van der Waals surface area contributed by atoms with Gasteiger partial charge in [-0.2, -0.15) is 0 Å². The van der Waals surface area contributed by atoms with Crippen LogP contribution in [0.25, 0.3) is 10.6 Å². The third kappa shape index (κ3) is 4.02. The summed E-state index contributed by atoms with van der Waals surface area (Å²) in [7, 11) is 0. The van der Waals surface area contributed by atoms with E-state index in [1.807, 2.05) is 13.0 Å². The van der Waals surface area contributed by atoms with E-state index in [0.717, 1.165) is 24.0 Å². The molecule has 3 rings (SSSR count). The summed E-state index contributed by atoms with van der Waals surface area (Å²) in [6.45, 7) is 1.84. The molecular weight excluding hydrogens is 362 g/mol. The number of aldehydes is 1. The molecule has 2 aromatic rings. The number of rotatable bonds is 5. The Morgan fingerprint density at radius 3 is 2.92 bits per heavy atom. The zero-order valence-electron chi connectivity index (χ0n) is 13.7. The third-order valence-electron chi connectivity index (χ3n) is 4.40. The van der Waals surface area contributed by atoms with Crippen molar-refractivity contribution in [1.82, 2.24) is 4.98 Å². The van der Waals surface area contributed by atoms with Crippen LogP contribution in [0, 0.1) is 12.8 Å². The number of ether oxygens (including phenoxy) is 1. The first-order valence-corrected chi connectivity index (χ1v) is 9.29. The van der Waals surface area contributed by atoms with Crippen LogP contribution in [-0.4, -0.2) is 28.4 Å². The van der Waals surface area contributed by atoms with Gasteiger partial charge in [0.05, 0.1) is 32.6 Å². The summed E-state index contributed by atoms with van der Waals surface area (Å²) in [5.41, 5.74) is 1.90. The first-order valence-electron chi connectivity index (χ1n) is 8.10. The molecule has 0 saturated heterocycles. The van der Waals surface area contributed by atoms with E-state index in [0.29, 0.717) is 39.9 Å². The van der Waals surface area contributed by atoms with Crippen molar-refractivity contribution >= 4 is 35.2 Å². The van der Waals surface area contributed by atoms with Crippen molar-refractivity contribution in [1.29, 1.82) is 0 Å². The van der Waals surface area contributed by atoms with Gasteiger partial charge in [0, 0.05) is 5.56 Å². The van der Waals surface area contributed by atoms with Crippen LogP contribution in [-0.2, 0) is 4.79 Å². The molecule has 0 spiro atoms. The quantitative estimate of drug-likeness (QED) is 0.768. The molecule has 7 heteroatoms. The van der Waals surface area contributed by atoms with Gasteiger partial charge in [-0.25, -0.2) is 4.98 Å². The van der Waals surface area contributed by atoms with E-state index in [-0.39, 0.29) is 12.0 Å². The second-order valence-electron chi connectivity index (χ2n) is 6.17. The van der Waals surface area contributed by atoms with Gasteiger partial charge in [-0.3, -0.25) is 9.59 Å². The van der Waals surface area contributed by atoms with Crippen molar-refractivity contribution in [3.8, 4) is 16.3 Å². The van der Waals surface area contributed by atoms with E-state index in [9.17, 15) is 14.7 Å². The number of hydrogen-bond donors (Lipinski definition) is 1. The average Bonchev–Trinajstić information content (AvgIpc) is 2.98. The summed E-state index contributed by atoms with van der Waals surface area (Å²) in [6, 6.07) is 5.25. The van der Waals surface area contributed by atoms with Gasteiger partial charge in [0.15, 0.2) is 6.29 Å². The van der Waals surface area contributed by atoms with Gasteiger partial charge < -0.3 is 9.84 Å². The van der Waals surface area contributed by atoms with Crippen LogP contribution < -0.4 is 4.74 Å². The molecule has 25 heavy (non-hydrogen) atoms. The van der Waals surface area contributed by atoms with E-state index >= 15 is 0 Å². The highest BCUT2D eigenvalue weighted by Crippen LogP contribution is 2.35. The Morgan fingerprint density at radius 2 is 2.24 bits per heavy atom. The Hall–Kier alpha value is -1.92. The fourth-order valence-electron chi connectivity index (χ4n) is 3.12. The number of halogens is 1.